The lowest BCUT2D eigenvalue weighted by molar-refractivity contribution is -0.126. The van der Waals surface area contributed by atoms with Crippen LogP contribution in [0.4, 0.5) is 0 Å². The second-order valence-electron chi connectivity index (χ2n) is 6.91. The molecule has 2 aliphatic rings. The van der Waals surface area contributed by atoms with E-state index in [1.807, 2.05) is 38.1 Å². The van der Waals surface area contributed by atoms with Gasteiger partial charge in [0.1, 0.15) is 0 Å². The maximum Gasteiger partial charge on any atom is 0.230 e. The van der Waals surface area contributed by atoms with E-state index >= 15 is 0 Å². The van der Waals surface area contributed by atoms with Crippen molar-refractivity contribution >= 4 is 29.9 Å². The lowest BCUT2D eigenvalue weighted by Crippen LogP contribution is -2.51. The minimum absolute atomic E-state index is 0. The molecular weight excluding hydrogens is 319 g/mol. The predicted octanol–water partition coefficient (Wildman–Crippen LogP) is 3.44. The van der Waals surface area contributed by atoms with Crippen LogP contribution in [-0.2, 0) is 10.2 Å². The Hall–Kier alpha value is -0.770. The smallest absolute Gasteiger partial charge is 0.230 e. The number of benzene rings is 1. The Bertz CT molecular complexity index is 518. The van der Waals surface area contributed by atoms with Crippen LogP contribution in [0.5, 0.6) is 0 Å². The molecule has 1 amide bonds. The summed E-state index contributed by atoms with van der Waals surface area (Å²) in [5.74, 6) is 0.108. The fourth-order valence-electron chi connectivity index (χ4n) is 3.54. The minimum atomic E-state index is -0.533. The summed E-state index contributed by atoms with van der Waals surface area (Å²) in [6, 6.07) is 9.05. The molecule has 2 saturated heterocycles. The van der Waals surface area contributed by atoms with Crippen molar-refractivity contribution in [2.24, 2.45) is 0 Å². The van der Waals surface area contributed by atoms with Crippen molar-refractivity contribution in [1.29, 1.82) is 0 Å². The van der Waals surface area contributed by atoms with Gasteiger partial charge in [0.25, 0.3) is 0 Å². The average Bonchev–Trinajstić information content (AvgIpc) is 2.78. The van der Waals surface area contributed by atoms with Crippen LogP contribution in [0.15, 0.2) is 24.3 Å². The Balaban J connectivity index is 0.00000176. The van der Waals surface area contributed by atoms with Crippen molar-refractivity contribution in [2.45, 2.75) is 63.1 Å². The van der Waals surface area contributed by atoms with E-state index in [9.17, 15) is 4.79 Å². The first-order valence-electron chi connectivity index (χ1n) is 7.78. The second-order valence-corrected chi connectivity index (χ2v) is 7.35. The number of piperidine rings is 1. The van der Waals surface area contributed by atoms with Crippen LogP contribution in [-0.4, -0.2) is 24.0 Å². The summed E-state index contributed by atoms with van der Waals surface area (Å²) >= 11 is 5.93. The van der Waals surface area contributed by atoms with Gasteiger partial charge in [0.15, 0.2) is 0 Å². The second kappa shape index (κ2) is 6.77. The monoisotopic (exact) mass is 342 g/mol. The molecule has 22 heavy (non-hydrogen) atoms. The van der Waals surface area contributed by atoms with Crippen molar-refractivity contribution in [1.82, 2.24) is 10.6 Å². The molecule has 2 heterocycles. The van der Waals surface area contributed by atoms with Gasteiger partial charge in [0.2, 0.25) is 5.91 Å². The third-order valence-electron chi connectivity index (χ3n) is 4.94. The molecule has 1 aromatic carbocycles. The normalized spacial score (nSPS) is 27.1. The first-order chi connectivity index (χ1) is 9.95. The van der Waals surface area contributed by atoms with Gasteiger partial charge in [-0.3, -0.25) is 4.79 Å². The highest BCUT2D eigenvalue weighted by Gasteiger charge is 2.37. The SMILES string of the molecule is CC(C)(C(=O)NC1CC2CCC(C1)N2)c1ccc(Cl)cc1.Cl. The number of amides is 1. The Morgan fingerprint density at radius 2 is 1.73 bits per heavy atom. The van der Waals surface area contributed by atoms with Gasteiger partial charge in [0.05, 0.1) is 5.41 Å². The molecule has 5 heteroatoms. The maximum absolute atomic E-state index is 12.7. The maximum atomic E-state index is 12.7. The van der Waals surface area contributed by atoms with Gasteiger partial charge in [-0.15, -0.1) is 12.4 Å². The number of halogens is 2. The van der Waals surface area contributed by atoms with E-state index < -0.39 is 5.41 Å². The molecular formula is C17H24Cl2N2O. The third kappa shape index (κ3) is 3.58. The van der Waals surface area contributed by atoms with Crippen LogP contribution in [0.2, 0.25) is 5.02 Å². The van der Waals surface area contributed by atoms with Gasteiger partial charge in [-0.1, -0.05) is 23.7 Å². The quantitative estimate of drug-likeness (QED) is 0.883. The summed E-state index contributed by atoms with van der Waals surface area (Å²) in [4.78, 5) is 12.7. The molecule has 0 radical (unpaired) electrons. The molecule has 2 fully saturated rings. The van der Waals surface area contributed by atoms with E-state index in [2.05, 4.69) is 10.6 Å². The van der Waals surface area contributed by atoms with Crippen LogP contribution in [0, 0.1) is 0 Å². The zero-order valence-corrected chi connectivity index (χ0v) is 14.6. The first-order valence-corrected chi connectivity index (χ1v) is 8.16. The van der Waals surface area contributed by atoms with Crippen LogP contribution in [0.1, 0.15) is 45.1 Å². The fourth-order valence-corrected chi connectivity index (χ4v) is 3.66. The van der Waals surface area contributed by atoms with Gasteiger partial charge >= 0.3 is 0 Å². The molecule has 0 spiro atoms. The summed E-state index contributed by atoms with van der Waals surface area (Å²) in [5.41, 5.74) is 0.468. The Kier molecular flexibility index (Phi) is 5.41. The van der Waals surface area contributed by atoms with Crippen LogP contribution in [0.25, 0.3) is 0 Å². The number of fused-ring (bicyclic) bond motifs is 2. The first kappa shape index (κ1) is 17.6. The summed E-state index contributed by atoms with van der Waals surface area (Å²) < 4.78 is 0. The molecule has 2 bridgehead atoms. The topological polar surface area (TPSA) is 41.1 Å². The summed E-state index contributed by atoms with van der Waals surface area (Å²) in [7, 11) is 0. The zero-order valence-electron chi connectivity index (χ0n) is 13.1. The number of hydrogen-bond donors (Lipinski definition) is 2. The van der Waals surface area contributed by atoms with Crippen molar-refractivity contribution in [2.75, 3.05) is 0 Å². The molecule has 0 saturated carbocycles. The summed E-state index contributed by atoms with van der Waals surface area (Å²) in [6.07, 6.45) is 4.60. The molecule has 3 nitrogen and oxygen atoms in total. The van der Waals surface area contributed by atoms with Crippen LogP contribution < -0.4 is 10.6 Å². The van der Waals surface area contributed by atoms with Crippen LogP contribution in [0.3, 0.4) is 0 Å². The molecule has 1 aromatic rings. The standard InChI is InChI=1S/C17H23ClN2O.ClH/c1-17(2,11-3-5-12(18)6-4-11)16(21)20-15-9-13-7-8-14(10-15)19-13;/h3-6,13-15,19H,7-10H2,1-2H3,(H,20,21);1H. The number of carbonyl (C=O) groups excluding carboxylic acids is 1. The molecule has 122 valence electrons. The highest BCUT2D eigenvalue weighted by Crippen LogP contribution is 2.29. The van der Waals surface area contributed by atoms with E-state index in [1.165, 1.54) is 12.8 Å². The third-order valence-corrected chi connectivity index (χ3v) is 5.19. The molecule has 2 N–H and O–H groups in total. The van der Waals surface area contributed by atoms with E-state index in [4.69, 9.17) is 11.6 Å². The minimum Gasteiger partial charge on any atom is -0.352 e. The fraction of sp³-hybridized carbons (Fsp3) is 0.588. The molecule has 2 atom stereocenters. The van der Waals surface area contributed by atoms with Crippen molar-refractivity contribution in [3.8, 4) is 0 Å². The van der Waals surface area contributed by atoms with Gasteiger partial charge in [0, 0.05) is 23.1 Å². The zero-order chi connectivity index (χ0) is 15.0. The lowest BCUT2D eigenvalue weighted by atomic mass is 9.83. The molecule has 3 rings (SSSR count). The van der Waals surface area contributed by atoms with E-state index in [0.29, 0.717) is 23.1 Å². The molecule has 2 unspecified atom stereocenters. The largest absolute Gasteiger partial charge is 0.352 e. The van der Waals surface area contributed by atoms with E-state index in [1.54, 1.807) is 0 Å². The molecule has 0 aromatic heterocycles. The Morgan fingerprint density at radius 3 is 2.27 bits per heavy atom. The van der Waals surface area contributed by atoms with Gasteiger partial charge < -0.3 is 10.6 Å². The number of rotatable bonds is 3. The lowest BCUT2D eigenvalue weighted by Gasteiger charge is -2.33. The number of hydrogen-bond acceptors (Lipinski definition) is 2. The van der Waals surface area contributed by atoms with Gasteiger partial charge in [-0.25, -0.2) is 0 Å². The van der Waals surface area contributed by atoms with Crippen molar-refractivity contribution < 1.29 is 4.79 Å². The van der Waals surface area contributed by atoms with Gasteiger partial charge in [-0.05, 0) is 57.2 Å². The predicted molar refractivity (Wildman–Crippen MR) is 92.8 cm³/mol. The molecule has 0 aliphatic carbocycles. The average molecular weight is 343 g/mol. The summed E-state index contributed by atoms with van der Waals surface area (Å²) in [5, 5.41) is 7.56. The van der Waals surface area contributed by atoms with Crippen LogP contribution >= 0.6 is 24.0 Å². The number of nitrogens with one attached hydrogen (secondary N) is 2. The van der Waals surface area contributed by atoms with Crippen molar-refractivity contribution in [3.05, 3.63) is 34.9 Å². The van der Waals surface area contributed by atoms with Crippen molar-refractivity contribution in [3.63, 3.8) is 0 Å². The number of carbonyl (C=O) groups is 1. The molecule has 2 aliphatic heterocycles. The van der Waals surface area contributed by atoms with E-state index in [-0.39, 0.29) is 18.3 Å². The van der Waals surface area contributed by atoms with E-state index in [0.717, 1.165) is 18.4 Å². The Labute approximate surface area is 143 Å². The summed E-state index contributed by atoms with van der Waals surface area (Å²) in [6.45, 7) is 3.95. The van der Waals surface area contributed by atoms with Gasteiger partial charge in [-0.2, -0.15) is 0 Å². The highest BCUT2D eigenvalue weighted by atomic mass is 35.5. The highest BCUT2D eigenvalue weighted by molar-refractivity contribution is 6.30. The Morgan fingerprint density at radius 1 is 1.18 bits per heavy atom.